The maximum atomic E-state index is 2.33. The number of rotatable bonds is 3. The van der Waals surface area contributed by atoms with E-state index in [1.165, 1.54) is 15.6 Å². The van der Waals surface area contributed by atoms with Crippen LogP contribution in [0.1, 0.15) is 43.6 Å². The molecule has 100 valence electrons. The van der Waals surface area contributed by atoms with Crippen molar-refractivity contribution in [3.8, 4) is 0 Å². The average molecular weight is 317 g/mol. The number of hydrogen-bond acceptors (Lipinski definition) is 0. The van der Waals surface area contributed by atoms with Crippen molar-refractivity contribution in [1.82, 2.24) is 0 Å². The van der Waals surface area contributed by atoms with Gasteiger partial charge < -0.3 is 0 Å². The van der Waals surface area contributed by atoms with Gasteiger partial charge in [-0.1, -0.05) is 0 Å². The Balaban J connectivity index is 2.08. The van der Waals surface area contributed by atoms with Crippen LogP contribution in [0.15, 0.2) is 54.6 Å². The first kappa shape index (κ1) is 14.4. The Labute approximate surface area is 123 Å². The van der Waals surface area contributed by atoms with Crippen LogP contribution < -0.4 is 4.46 Å². The number of benzene rings is 2. The molecule has 0 heterocycles. The molecule has 1 heteroatoms. The van der Waals surface area contributed by atoms with Crippen molar-refractivity contribution in [1.29, 1.82) is 0 Å². The van der Waals surface area contributed by atoms with Gasteiger partial charge in [0.15, 0.2) is 0 Å². The van der Waals surface area contributed by atoms with Crippen molar-refractivity contribution in [2.75, 3.05) is 0 Å². The molecule has 0 N–H and O–H groups in total. The van der Waals surface area contributed by atoms with Gasteiger partial charge in [0.05, 0.1) is 0 Å². The fourth-order valence-electron chi connectivity index (χ4n) is 2.03. The minimum absolute atomic E-state index is 0.247. The van der Waals surface area contributed by atoms with Crippen molar-refractivity contribution in [3.05, 3.63) is 65.7 Å². The Bertz CT molecular complexity index is 506. The van der Waals surface area contributed by atoms with Crippen LogP contribution in [0, 0.1) is 0 Å². The van der Waals surface area contributed by atoms with Gasteiger partial charge in [0.2, 0.25) is 0 Å². The van der Waals surface area contributed by atoms with Crippen LogP contribution in [-0.2, 0) is 5.41 Å². The zero-order valence-electron chi connectivity index (χ0n) is 12.2. The molecular weight excluding hydrogens is 295 g/mol. The van der Waals surface area contributed by atoms with Crippen LogP contribution in [0.3, 0.4) is 0 Å². The zero-order valence-corrected chi connectivity index (χ0v) is 13.9. The molecule has 0 saturated heterocycles. The van der Waals surface area contributed by atoms with Gasteiger partial charge in [0.25, 0.3) is 0 Å². The predicted molar refractivity (Wildman–Crippen MR) is 85.4 cm³/mol. The summed E-state index contributed by atoms with van der Waals surface area (Å²) in [6, 6.07) is 20.0. The monoisotopic (exact) mass is 318 g/mol. The molecule has 0 aliphatic rings. The second kappa shape index (κ2) is 5.94. The molecule has 19 heavy (non-hydrogen) atoms. The first-order valence-electron chi connectivity index (χ1n) is 6.79. The SMILES string of the molecule is CC([Se]c1ccc(C(C)(C)C)cc1)c1ccccc1. The molecule has 0 saturated carbocycles. The van der Waals surface area contributed by atoms with Crippen LogP contribution in [-0.4, -0.2) is 15.0 Å². The second-order valence-corrected chi connectivity index (χ2v) is 8.91. The van der Waals surface area contributed by atoms with Crippen LogP contribution in [0.2, 0.25) is 0 Å². The van der Waals surface area contributed by atoms with E-state index in [-0.39, 0.29) is 5.41 Å². The van der Waals surface area contributed by atoms with Crippen molar-refractivity contribution >= 4 is 19.4 Å². The van der Waals surface area contributed by atoms with E-state index < -0.39 is 0 Å². The number of hydrogen-bond donors (Lipinski definition) is 0. The molecule has 0 fully saturated rings. The summed E-state index contributed by atoms with van der Waals surface area (Å²) in [7, 11) is 0. The topological polar surface area (TPSA) is 0 Å². The summed E-state index contributed by atoms with van der Waals surface area (Å²) in [4.78, 5) is 0.634. The quantitative estimate of drug-likeness (QED) is 0.749. The van der Waals surface area contributed by atoms with Gasteiger partial charge in [0, 0.05) is 0 Å². The summed E-state index contributed by atoms with van der Waals surface area (Å²) < 4.78 is 1.48. The van der Waals surface area contributed by atoms with Gasteiger partial charge >= 0.3 is 123 Å². The molecule has 0 aliphatic heterocycles. The van der Waals surface area contributed by atoms with Crippen molar-refractivity contribution < 1.29 is 0 Å². The maximum absolute atomic E-state index is 2.33. The second-order valence-electron chi connectivity index (χ2n) is 5.95. The minimum atomic E-state index is 0.247. The zero-order chi connectivity index (χ0) is 13.9. The van der Waals surface area contributed by atoms with Gasteiger partial charge in [-0.05, 0) is 0 Å². The van der Waals surface area contributed by atoms with Crippen LogP contribution in [0.5, 0.6) is 0 Å². The van der Waals surface area contributed by atoms with Crippen molar-refractivity contribution in [3.63, 3.8) is 0 Å². The molecule has 0 spiro atoms. The summed E-state index contributed by atoms with van der Waals surface area (Å²) in [6.07, 6.45) is 0. The fraction of sp³-hybridized carbons (Fsp3) is 0.333. The van der Waals surface area contributed by atoms with Crippen molar-refractivity contribution in [2.24, 2.45) is 0 Å². The van der Waals surface area contributed by atoms with E-state index in [1.807, 2.05) is 0 Å². The van der Waals surface area contributed by atoms with Crippen molar-refractivity contribution in [2.45, 2.75) is 37.9 Å². The third-order valence-corrected chi connectivity index (χ3v) is 5.76. The molecule has 0 aromatic heterocycles. The molecular formula is C18H22Se. The van der Waals surface area contributed by atoms with E-state index in [4.69, 9.17) is 0 Å². The Morgan fingerprint density at radius 1 is 0.842 bits per heavy atom. The molecule has 0 nitrogen and oxygen atoms in total. The van der Waals surface area contributed by atoms with Crippen LogP contribution in [0.4, 0.5) is 0 Å². The van der Waals surface area contributed by atoms with E-state index in [9.17, 15) is 0 Å². The molecule has 1 atom stereocenters. The van der Waals surface area contributed by atoms with Crippen LogP contribution >= 0.6 is 0 Å². The molecule has 0 aliphatic carbocycles. The van der Waals surface area contributed by atoms with E-state index in [2.05, 4.69) is 82.3 Å². The fourth-order valence-corrected chi connectivity index (χ4v) is 4.12. The van der Waals surface area contributed by atoms with E-state index in [0.717, 1.165) is 0 Å². The molecule has 0 amide bonds. The Kier molecular flexibility index (Phi) is 4.50. The third kappa shape index (κ3) is 3.96. The molecule has 0 bridgehead atoms. The van der Waals surface area contributed by atoms with Gasteiger partial charge in [-0.3, -0.25) is 0 Å². The van der Waals surface area contributed by atoms with E-state index in [0.29, 0.717) is 19.8 Å². The van der Waals surface area contributed by atoms with Crippen LogP contribution in [0.25, 0.3) is 0 Å². The van der Waals surface area contributed by atoms with Gasteiger partial charge in [-0.15, -0.1) is 0 Å². The molecule has 1 unspecified atom stereocenters. The first-order chi connectivity index (χ1) is 8.97. The van der Waals surface area contributed by atoms with E-state index >= 15 is 0 Å². The van der Waals surface area contributed by atoms with Gasteiger partial charge in [-0.2, -0.15) is 0 Å². The normalized spacial score (nSPS) is 13.3. The summed E-state index contributed by atoms with van der Waals surface area (Å²) in [5.41, 5.74) is 3.11. The predicted octanol–water partition coefficient (Wildman–Crippen LogP) is 4.07. The summed E-state index contributed by atoms with van der Waals surface area (Å²) in [5, 5.41) is 0. The summed E-state index contributed by atoms with van der Waals surface area (Å²) >= 11 is 0.498. The Hall–Kier alpha value is -1.04. The molecule has 0 radical (unpaired) electrons. The Morgan fingerprint density at radius 2 is 1.42 bits per heavy atom. The third-order valence-electron chi connectivity index (χ3n) is 3.30. The van der Waals surface area contributed by atoms with Gasteiger partial charge in [-0.25, -0.2) is 0 Å². The molecule has 2 aromatic rings. The average Bonchev–Trinajstić information content (AvgIpc) is 2.39. The van der Waals surface area contributed by atoms with Gasteiger partial charge in [0.1, 0.15) is 0 Å². The standard InChI is InChI=1S/C18H22Se/c1-14(15-8-6-5-7-9-15)19-17-12-10-16(11-13-17)18(2,3)4/h5-14H,1-4H3. The molecule has 2 aromatic carbocycles. The summed E-state index contributed by atoms with van der Waals surface area (Å²) in [5.74, 6) is 0. The summed E-state index contributed by atoms with van der Waals surface area (Å²) in [6.45, 7) is 9.12. The van der Waals surface area contributed by atoms with E-state index in [1.54, 1.807) is 0 Å². The first-order valence-corrected chi connectivity index (χ1v) is 8.63. The Morgan fingerprint density at radius 3 is 1.95 bits per heavy atom. The molecule has 2 rings (SSSR count).